The Morgan fingerprint density at radius 2 is 1.72 bits per heavy atom. The number of hydrogen-bond acceptors (Lipinski definition) is 4. The van der Waals surface area contributed by atoms with E-state index in [2.05, 4.69) is 10.2 Å². The highest BCUT2D eigenvalue weighted by Crippen LogP contribution is 2.33. The van der Waals surface area contributed by atoms with Gasteiger partial charge in [-0.25, -0.2) is 8.78 Å². The number of carbonyl (C=O) groups is 1. The molecule has 3 rings (SSSR count). The lowest BCUT2D eigenvalue weighted by molar-refractivity contribution is 0.0827. The fourth-order valence-electron chi connectivity index (χ4n) is 3.13. The number of benzene rings is 2. The summed E-state index contributed by atoms with van der Waals surface area (Å²) in [5.41, 5.74) is 5.68. The van der Waals surface area contributed by atoms with Crippen LogP contribution in [0.1, 0.15) is 42.5 Å². The maximum Gasteiger partial charge on any atom is 0.248 e. The Morgan fingerprint density at radius 3 is 2.24 bits per heavy atom. The fourth-order valence-corrected chi connectivity index (χ4v) is 3.13. The third kappa shape index (κ3) is 3.96. The van der Waals surface area contributed by atoms with E-state index in [0.717, 1.165) is 5.56 Å². The molecule has 1 heterocycles. The SMILES string of the molecule is CCn1c(-c2ccc(C(N)=O)cc2)nnc1C(C)(C)Oc1c(F)cc(C)cc1F. The summed E-state index contributed by atoms with van der Waals surface area (Å²) in [5.74, 6) is -1.58. The highest BCUT2D eigenvalue weighted by Gasteiger charge is 2.32. The maximum absolute atomic E-state index is 14.3. The van der Waals surface area contributed by atoms with Crippen molar-refractivity contribution in [3.8, 4) is 17.1 Å². The number of ether oxygens (including phenoxy) is 1. The van der Waals surface area contributed by atoms with Crippen molar-refractivity contribution in [2.24, 2.45) is 5.73 Å². The molecule has 6 nitrogen and oxygen atoms in total. The van der Waals surface area contributed by atoms with E-state index in [1.807, 2.05) is 6.92 Å². The van der Waals surface area contributed by atoms with Crippen molar-refractivity contribution in [1.29, 1.82) is 0 Å². The number of rotatable bonds is 6. The largest absolute Gasteiger partial charge is 0.474 e. The molecule has 3 aromatic rings. The standard InChI is InChI=1S/C21H22F2N4O2/c1-5-27-19(14-8-6-13(7-9-14)18(24)28)25-26-20(27)21(3,4)29-17-15(22)10-12(2)11-16(17)23/h6-11H,5H2,1-4H3,(H2,24,28). The van der Waals surface area contributed by atoms with Gasteiger partial charge in [0.2, 0.25) is 5.91 Å². The predicted octanol–water partition coefficient (Wildman–Crippen LogP) is 3.96. The zero-order valence-corrected chi connectivity index (χ0v) is 16.7. The molecule has 0 spiro atoms. The van der Waals surface area contributed by atoms with E-state index in [0.29, 0.717) is 29.3 Å². The summed E-state index contributed by atoms with van der Waals surface area (Å²) in [5, 5.41) is 8.44. The second-order valence-corrected chi connectivity index (χ2v) is 7.20. The van der Waals surface area contributed by atoms with Crippen LogP contribution in [0, 0.1) is 18.6 Å². The quantitative estimate of drug-likeness (QED) is 0.679. The summed E-state index contributed by atoms with van der Waals surface area (Å²) in [6, 6.07) is 9.06. The van der Waals surface area contributed by atoms with Gasteiger partial charge in [0.05, 0.1) is 0 Å². The number of carbonyl (C=O) groups excluding carboxylic acids is 1. The predicted molar refractivity (Wildman–Crippen MR) is 104 cm³/mol. The van der Waals surface area contributed by atoms with Gasteiger partial charge in [0.25, 0.3) is 0 Å². The summed E-state index contributed by atoms with van der Waals surface area (Å²) >= 11 is 0. The topological polar surface area (TPSA) is 83.0 Å². The Hall–Kier alpha value is -3.29. The van der Waals surface area contributed by atoms with Gasteiger partial charge in [-0.15, -0.1) is 10.2 Å². The fraction of sp³-hybridized carbons (Fsp3) is 0.286. The minimum atomic E-state index is -1.16. The van der Waals surface area contributed by atoms with Crippen molar-refractivity contribution < 1.29 is 18.3 Å². The monoisotopic (exact) mass is 400 g/mol. The molecular formula is C21H22F2N4O2. The molecule has 0 fully saturated rings. The van der Waals surface area contributed by atoms with Crippen LogP contribution in [0.4, 0.5) is 8.78 Å². The summed E-state index contributed by atoms with van der Waals surface area (Å²) in [6.45, 7) is 7.34. The zero-order chi connectivity index (χ0) is 21.3. The molecule has 29 heavy (non-hydrogen) atoms. The first kappa shape index (κ1) is 20.4. The molecule has 2 aromatic carbocycles. The molecule has 0 aliphatic rings. The van der Waals surface area contributed by atoms with E-state index in [-0.39, 0.29) is 0 Å². The van der Waals surface area contributed by atoms with Crippen molar-refractivity contribution in [2.75, 3.05) is 0 Å². The summed E-state index contributed by atoms with van der Waals surface area (Å²) in [7, 11) is 0. The van der Waals surface area contributed by atoms with Crippen molar-refractivity contribution >= 4 is 5.91 Å². The molecule has 1 aromatic heterocycles. The van der Waals surface area contributed by atoms with Crippen LogP contribution < -0.4 is 10.5 Å². The van der Waals surface area contributed by atoms with Crippen LogP contribution in [0.25, 0.3) is 11.4 Å². The molecule has 0 aliphatic heterocycles. The number of nitrogens with two attached hydrogens (primary N) is 1. The van der Waals surface area contributed by atoms with Crippen molar-refractivity contribution in [3.63, 3.8) is 0 Å². The molecule has 0 saturated carbocycles. The Labute approximate surface area is 167 Å². The van der Waals surface area contributed by atoms with Gasteiger partial charge < -0.3 is 15.0 Å². The third-order valence-corrected chi connectivity index (χ3v) is 4.53. The lowest BCUT2D eigenvalue weighted by atomic mass is 10.1. The van der Waals surface area contributed by atoms with Crippen LogP contribution in [0.2, 0.25) is 0 Å². The lowest BCUT2D eigenvalue weighted by Crippen LogP contribution is -2.30. The lowest BCUT2D eigenvalue weighted by Gasteiger charge is -2.26. The first-order valence-electron chi connectivity index (χ1n) is 9.12. The number of nitrogens with zero attached hydrogens (tertiary/aromatic N) is 3. The first-order chi connectivity index (χ1) is 13.6. The maximum atomic E-state index is 14.3. The van der Waals surface area contributed by atoms with Crippen molar-refractivity contribution in [3.05, 3.63) is 65.0 Å². The van der Waals surface area contributed by atoms with Crippen LogP contribution in [0.5, 0.6) is 5.75 Å². The molecule has 2 N–H and O–H groups in total. The molecular weight excluding hydrogens is 378 g/mol. The molecule has 0 radical (unpaired) electrons. The van der Waals surface area contributed by atoms with Crippen LogP contribution in [0.15, 0.2) is 36.4 Å². The van der Waals surface area contributed by atoms with Gasteiger partial charge in [0.1, 0.15) is 0 Å². The number of halogens is 2. The number of hydrogen-bond donors (Lipinski definition) is 1. The van der Waals surface area contributed by atoms with Gasteiger partial charge in [-0.2, -0.15) is 0 Å². The van der Waals surface area contributed by atoms with Gasteiger partial charge in [0.15, 0.2) is 34.6 Å². The van der Waals surface area contributed by atoms with Crippen molar-refractivity contribution in [1.82, 2.24) is 14.8 Å². The molecule has 0 aliphatic carbocycles. The molecule has 0 atom stereocenters. The number of amides is 1. The average molecular weight is 400 g/mol. The highest BCUT2D eigenvalue weighted by molar-refractivity contribution is 5.93. The molecule has 0 saturated heterocycles. The minimum Gasteiger partial charge on any atom is -0.474 e. The molecule has 0 bridgehead atoms. The Balaban J connectivity index is 2.00. The molecule has 8 heteroatoms. The van der Waals surface area contributed by atoms with Crippen LogP contribution >= 0.6 is 0 Å². The number of aromatic nitrogens is 3. The molecule has 1 amide bonds. The Bertz CT molecular complexity index is 1040. The number of primary amides is 1. The first-order valence-corrected chi connectivity index (χ1v) is 9.12. The Kier molecular flexibility index (Phi) is 5.37. The summed E-state index contributed by atoms with van der Waals surface area (Å²) in [4.78, 5) is 11.3. The summed E-state index contributed by atoms with van der Waals surface area (Å²) in [6.07, 6.45) is 0. The second-order valence-electron chi connectivity index (χ2n) is 7.20. The van der Waals surface area contributed by atoms with Crippen LogP contribution in [-0.2, 0) is 12.1 Å². The van der Waals surface area contributed by atoms with Crippen molar-refractivity contribution in [2.45, 2.75) is 39.8 Å². The van der Waals surface area contributed by atoms with Gasteiger partial charge in [-0.3, -0.25) is 4.79 Å². The second kappa shape index (κ2) is 7.62. The van der Waals surface area contributed by atoms with E-state index in [1.165, 1.54) is 12.1 Å². The van der Waals surface area contributed by atoms with Gasteiger partial charge >= 0.3 is 0 Å². The summed E-state index contributed by atoms with van der Waals surface area (Å²) < 4.78 is 36.0. The Morgan fingerprint density at radius 1 is 1.14 bits per heavy atom. The van der Waals surface area contributed by atoms with E-state index in [9.17, 15) is 13.6 Å². The highest BCUT2D eigenvalue weighted by atomic mass is 19.1. The smallest absolute Gasteiger partial charge is 0.248 e. The zero-order valence-electron chi connectivity index (χ0n) is 16.7. The van der Waals surface area contributed by atoms with Gasteiger partial charge in [-0.1, -0.05) is 12.1 Å². The van der Waals surface area contributed by atoms with Crippen LogP contribution in [0.3, 0.4) is 0 Å². The normalized spacial score (nSPS) is 11.5. The number of aryl methyl sites for hydroxylation is 1. The van der Waals surface area contributed by atoms with E-state index in [4.69, 9.17) is 10.5 Å². The van der Waals surface area contributed by atoms with Crippen LogP contribution in [-0.4, -0.2) is 20.7 Å². The van der Waals surface area contributed by atoms with E-state index in [1.54, 1.807) is 49.6 Å². The van der Waals surface area contributed by atoms with E-state index < -0.39 is 28.9 Å². The molecule has 0 unspecified atom stereocenters. The minimum absolute atomic E-state index is 0.380. The average Bonchev–Trinajstić information content (AvgIpc) is 3.10. The van der Waals surface area contributed by atoms with E-state index >= 15 is 0 Å². The van der Waals surface area contributed by atoms with Gasteiger partial charge in [-0.05, 0) is 57.5 Å². The molecule has 152 valence electrons. The van der Waals surface area contributed by atoms with Gasteiger partial charge in [0, 0.05) is 17.7 Å². The third-order valence-electron chi connectivity index (χ3n) is 4.53.